The van der Waals surface area contributed by atoms with Gasteiger partial charge >= 0.3 is 0 Å². The number of nitrogens with two attached hydrogens (primary N) is 1. The van der Waals surface area contributed by atoms with Gasteiger partial charge in [-0.1, -0.05) is 36.8 Å². The van der Waals surface area contributed by atoms with Gasteiger partial charge < -0.3 is 11.1 Å². The van der Waals surface area contributed by atoms with Gasteiger partial charge in [-0.2, -0.15) is 0 Å². The SMILES string of the molecule is N[C@@H]1CCC[C@H]1CC(=O)Nc1cccc(CS(=O)(=O)c2ccccc2)c1. The standard InChI is InChI=1S/C20H24N2O3S/c21-19-11-5-7-16(19)13-20(23)22-17-8-4-6-15(12-17)14-26(24,25)18-9-2-1-3-10-18/h1-4,6,8-10,12,16,19H,5,7,11,13-14,21H2,(H,22,23)/t16-,19+/m0/s1. The van der Waals surface area contributed by atoms with Crippen molar-refractivity contribution in [2.75, 3.05) is 5.32 Å². The molecule has 2 atom stereocenters. The molecule has 0 heterocycles. The first-order valence-corrected chi connectivity index (χ1v) is 10.5. The summed E-state index contributed by atoms with van der Waals surface area (Å²) in [6.07, 6.45) is 3.45. The zero-order valence-corrected chi connectivity index (χ0v) is 15.4. The van der Waals surface area contributed by atoms with Crippen LogP contribution in [0.15, 0.2) is 59.5 Å². The topological polar surface area (TPSA) is 89.3 Å². The second-order valence-electron chi connectivity index (χ2n) is 6.88. The predicted molar refractivity (Wildman–Crippen MR) is 102 cm³/mol. The van der Waals surface area contributed by atoms with Crippen molar-refractivity contribution in [2.45, 2.75) is 42.4 Å². The van der Waals surface area contributed by atoms with E-state index in [4.69, 9.17) is 5.73 Å². The van der Waals surface area contributed by atoms with Gasteiger partial charge in [0.2, 0.25) is 5.91 Å². The van der Waals surface area contributed by atoms with Crippen molar-refractivity contribution in [3.63, 3.8) is 0 Å². The van der Waals surface area contributed by atoms with E-state index in [1.165, 1.54) is 0 Å². The second-order valence-corrected chi connectivity index (χ2v) is 8.87. The fourth-order valence-corrected chi connectivity index (χ4v) is 4.80. The maximum Gasteiger partial charge on any atom is 0.224 e. The first kappa shape index (κ1) is 18.6. The van der Waals surface area contributed by atoms with Crippen molar-refractivity contribution in [3.05, 3.63) is 60.2 Å². The van der Waals surface area contributed by atoms with Crippen LogP contribution in [0.5, 0.6) is 0 Å². The number of nitrogens with one attached hydrogen (secondary N) is 1. The van der Waals surface area contributed by atoms with E-state index in [9.17, 15) is 13.2 Å². The van der Waals surface area contributed by atoms with Crippen LogP contribution in [0.2, 0.25) is 0 Å². The van der Waals surface area contributed by atoms with E-state index in [0.29, 0.717) is 22.6 Å². The highest BCUT2D eigenvalue weighted by molar-refractivity contribution is 7.90. The molecule has 0 radical (unpaired) electrons. The van der Waals surface area contributed by atoms with Gasteiger partial charge in [-0.25, -0.2) is 8.42 Å². The number of sulfone groups is 1. The van der Waals surface area contributed by atoms with Gasteiger partial charge in [-0.15, -0.1) is 0 Å². The van der Waals surface area contributed by atoms with Crippen molar-refractivity contribution in [1.29, 1.82) is 0 Å². The molecule has 0 spiro atoms. The molecule has 1 saturated carbocycles. The first-order chi connectivity index (χ1) is 12.4. The van der Waals surface area contributed by atoms with Crippen LogP contribution in [0.3, 0.4) is 0 Å². The third-order valence-corrected chi connectivity index (χ3v) is 6.54. The van der Waals surface area contributed by atoms with E-state index >= 15 is 0 Å². The van der Waals surface area contributed by atoms with E-state index < -0.39 is 9.84 Å². The summed E-state index contributed by atoms with van der Waals surface area (Å²) in [5.41, 5.74) is 7.28. The molecule has 1 amide bonds. The lowest BCUT2D eigenvalue weighted by Gasteiger charge is -2.15. The molecule has 0 bridgehead atoms. The molecule has 0 unspecified atom stereocenters. The normalized spacial score (nSPS) is 20.0. The van der Waals surface area contributed by atoms with Crippen LogP contribution in [0.25, 0.3) is 0 Å². The van der Waals surface area contributed by atoms with E-state index in [1.807, 2.05) is 0 Å². The summed E-state index contributed by atoms with van der Waals surface area (Å²) in [6.45, 7) is 0. The van der Waals surface area contributed by atoms with Crippen LogP contribution in [-0.2, 0) is 20.4 Å². The van der Waals surface area contributed by atoms with Gasteiger partial charge in [0, 0.05) is 18.2 Å². The molecule has 5 nitrogen and oxygen atoms in total. The third kappa shape index (κ3) is 4.71. The third-order valence-electron chi connectivity index (χ3n) is 4.84. The molecule has 1 fully saturated rings. The molecule has 0 saturated heterocycles. The quantitative estimate of drug-likeness (QED) is 0.815. The Bertz CT molecular complexity index is 866. The molecule has 1 aliphatic carbocycles. The summed E-state index contributed by atoms with van der Waals surface area (Å²) in [5.74, 6) is 0.0564. The van der Waals surface area contributed by atoms with Crippen LogP contribution in [0, 0.1) is 5.92 Å². The molecule has 3 N–H and O–H groups in total. The van der Waals surface area contributed by atoms with Gasteiger partial charge in [0.05, 0.1) is 10.6 Å². The number of amides is 1. The molecule has 2 aromatic carbocycles. The number of rotatable bonds is 6. The monoisotopic (exact) mass is 372 g/mol. The summed E-state index contributed by atoms with van der Waals surface area (Å²) < 4.78 is 25.0. The number of benzene rings is 2. The van der Waals surface area contributed by atoms with E-state index in [-0.39, 0.29) is 23.6 Å². The fourth-order valence-electron chi connectivity index (χ4n) is 3.44. The summed E-state index contributed by atoms with van der Waals surface area (Å²) in [7, 11) is -3.41. The lowest BCUT2D eigenvalue weighted by molar-refractivity contribution is -0.117. The molecule has 0 aliphatic heterocycles. The Morgan fingerprint density at radius 1 is 1.08 bits per heavy atom. The second kappa shape index (κ2) is 8.01. The maximum absolute atomic E-state index is 12.5. The van der Waals surface area contributed by atoms with Crippen molar-refractivity contribution in [2.24, 2.45) is 11.7 Å². The van der Waals surface area contributed by atoms with Crippen molar-refractivity contribution in [1.82, 2.24) is 0 Å². The molecule has 3 rings (SSSR count). The smallest absolute Gasteiger partial charge is 0.224 e. The Morgan fingerprint density at radius 3 is 2.54 bits per heavy atom. The summed E-state index contributed by atoms with van der Waals surface area (Å²) in [4.78, 5) is 12.5. The molecule has 138 valence electrons. The zero-order valence-electron chi connectivity index (χ0n) is 14.6. The van der Waals surface area contributed by atoms with E-state index in [2.05, 4.69) is 5.32 Å². The maximum atomic E-state index is 12.5. The molecular weight excluding hydrogens is 348 g/mol. The van der Waals surface area contributed by atoms with Crippen LogP contribution in [0.4, 0.5) is 5.69 Å². The first-order valence-electron chi connectivity index (χ1n) is 8.86. The van der Waals surface area contributed by atoms with Crippen LogP contribution < -0.4 is 11.1 Å². The minimum absolute atomic E-state index is 0.0737. The van der Waals surface area contributed by atoms with Gasteiger partial charge in [-0.05, 0) is 48.6 Å². The van der Waals surface area contributed by atoms with E-state index in [1.54, 1.807) is 54.6 Å². The van der Waals surface area contributed by atoms with Crippen molar-refractivity contribution < 1.29 is 13.2 Å². The molecule has 6 heteroatoms. The lowest BCUT2D eigenvalue weighted by Crippen LogP contribution is -2.28. The van der Waals surface area contributed by atoms with Crippen LogP contribution >= 0.6 is 0 Å². The highest BCUT2D eigenvalue weighted by Crippen LogP contribution is 2.27. The average molecular weight is 372 g/mol. The number of anilines is 1. The fraction of sp³-hybridized carbons (Fsp3) is 0.350. The summed E-state index contributed by atoms with van der Waals surface area (Å²) >= 11 is 0. The summed E-state index contributed by atoms with van der Waals surface area (Å²) in [5, 5.41) is 2.87. The van der Waals surface area contributed by atoms with E-state index in [0.717, 1.165) is 19.3 Å². The lowest BCUT2D eigenvalue weighted by atomic mass is 10.00. The van der Waals surface area contributed by atoms with Crippen molar-refractivity contribution in [3.8, 4) is 0 Å². The van der Waals surface area contributed by atoms with Gasteiger partial charge in [-0.3, -0.25) is 4.79 Å². The Kier molecular flexibility index (Phi) is 5.74. The number of hydrogen-bond acceptors (Lipinski definition) is 4. The number of hydrogen-bond donors (Lipinski definition) is 2. The number of carbonyl (C=O) groups is 1. The minimum Gasteiger partial charge on any atom is -0.327 e. The van der Waals surface area contributed by atoms with Crippen LogP contribution in [0.1, 0.15) is 31.2 Å². The minimum atomic E-state index is -3.41. The molecule has 1 aliphatic rings. The summed E-state index contributed by atoms with van der Waals surface area (Å²) in [6, 6.07) is 15.5. The van der Waals surface area contributed by atoms with Gasteiger partial charge in [0.1, 0.15) is 0 Å². The largest absolute Gasteiger partial charge is 0.327 e. The van der Waals surface area contributed by atoms with Crippen LogP contribution in [-0.4, -0.2) is 20.4 Å². The Balaban J connectivity index is 1.65. The predicted octanol–water partition coefficient (Wildman–Crippen LogP) is 3.12. The Morgan fingerprint density at radius 2 is 1.85 bits per heavy atom. The van der Waals surface area contributed by atoms with Crippen molar-refractivity contribution >= 4 is 21.4 Å². The van der Waals surface area contributed by atoms with Gasteiger partial charge in [0.15, 0.2) is 9.84 Å². The number of carbonyl (C=O) groups excluding carboxylic acids is 1. The average Bonchev–Trinajstić information content (AvgIpc) is 3.00. The molecule has 2 aromatic rings. The molecule has 0 aromatic heterocycles. The van der Waals surface area contributed by atoms with Gasteiger partial charge in [0.25, 0.3) is 0 Å². The Labute approximate surface area is 154 Å². The zero-order chi connectivity index (χ0) is 18.6. The highest BCUT2D eigenvalue weighted by atomic mass is 32.2. The highest BCUT2D eigenvalue weighted by Gasteiger charge is 2.26. The molecule has 26 heavy (non-hydrogen) atoms. The Hall–Kier alpha value is -2.18. The molecular formula is C20H24N2O3S.